The minimum absolute atomic E-state index is 0.161. The molecule has 0 saturated heterocycles. The highest BCUT2D eigenvalue weighted by atomic mass is 16.3. The normalized spacial score (nSPS) is 11.9. The third-order valence-electron chi connectivity index (χ3n) is 11.2. The van der Waals surface area contributed by atoms with Gasteiger partial charge in [-0.05, 0) is 107 Å². The van der Waals surface area contributed by atoms with Crippen LogP contribution in [0.5, 0.6) is 0 Å². The lowest BCUT2D eigenvalue weighted by Crippen LogP contribution is -2.50. The Kier molecular flexibility index (Phi) is 7.66. The second-order valence-corrected chi connectivity index (χ2v) is 14.2. The third-order valence-corrected chi connectivity index (χ3v) is 11.2. The fourth-order valence-electron chi connectivity index (χ4n) is 8.44. The number of hydrogen-bond acceptors (Lipinski definition) is 1. The van der Waals surface area contributed by atoms with Gasteiger partial charge in [0.2, 0.25) is 0 Å². The lowest BCUT2D eigenvalue weighted by Gasteiger charge is -2.29. The van der Waals surface area contributed by atoms with Gasteiger partial charge in [0, 0.05) is 10.8 Å². The van der Waals surface area contributed by atoms with E-state index in [1.807, 2.05) is 60.7 Å². The number of furan rings is 1. The maximum atomic E-state index is 7.08. The van der Waals surface area contributed by atoms with Gasteiger partial charge < -0.3 is 4.42 Å². The van der Waals surface area contributed by atoms with Gasteiger partial charge in [0.25, 0.3) is 0 Å². The summed E-state index contributed by atoms with van der Waals surface area (Å²) in [5.74, 6) is 0. The van der Waals surface area contributed by atoms with Crippen LogP contribution in [-0.2, 0) is 0 Å². The number of rotatable bonds is 3. The fourth-order valence-corrected chi connectivity index (χ4v) is 8.44. The molecular weight excluding hydrogens is 655 g/mol. The van der Waals surface area contributed by atoms with Crippen LogP contribution in [0.3, 0.4) is 0 Å². The fraction of sp³-hybridized carbons (Fsp3) is 0. The molecule has 1 aromatic heterocycles. The molecule has 1 heterocycles. The molecule has 0 amide bonds. The molecule has 0 spiro atoms. The molecule has 9 aromatic carbocycles. The maximum absolute atomic E-state index is 7.08. The summed E-state index contributed by atoms with van der Waals surface area (Å²) < 4.78 is 6.51. The van der Waals surface area contributed by atoms with Crippen molar-refractivity contribution < 1.29 is 4.42 Å². The van der Waals surface area contributed by atoms with Gasteiger partial charge in [-0.3, -0.25) is 0 Å². The average Bonchev–Trinajstić information content (AvgIpc) is 3.59. The van der Waals surface area contributed by atoms with E-state index >= 15 is 0 Å². The summed E-state index contributed by atoms with van der Waals surface area (Å²) in [5.41, 5.74) is 8.14. The molecule has 0 saturated carbocycles. The molecule has 9 heteroatoms. The Labute approximate surface area is 329 Å². The van der Waals surface area contributed by atoms with Crippen LogP contribution in [0.4, 0.5) is 0 Å². The van der Waals surface area contributed by atoms with E-state index in [1.54, 1.807) is 0 Å². The average molecular weight is 675 g/mol. The van der Waals surface area contributed by atoms with Crippen LogP contribution >= 0.6 is 0 Å². The van der Waals surface area contributed by atoms with Crippen LogP contribution < -0.4 is 43.7 Å². The minimum atomic E-state index is 0.161. The summed E-state index contributed by atoms with van der Waals surface area (Å²) >= 11 is 0. The van der Waals surface area contributed by atoms with Crippen molar-refractivity contribution in [1.29, 1.82) is 0 Å². The predicted octanol–water partition coefficient (Wildman–Crippen LogP) is 3.55. The van der Waals surface area contributed by atoms with Crippen molar-refractivity contribution in [3.63, 3.8) is 0 Å². The van der Waals surface area contributed by atoms with Crippen LogP contribution in [0.1, 0.15) is 0 Å². The number of fused-ring (bicyclic) bond motifs is 7. The van der Waals surface area contributed by atoms with Crippen LogP contribution in [-0.4, -0.2) is 62.8 Å². The van der Waals surface area contributed by atoms with Crippen LogP contribution in [0.25, 0.3) is 98.4 Å². The highest BCUT2D eigenvalue weighted by Crippen LogP contribution is 2.45. The van der Waals surface area contributed by atoms with E-state index in [0.717, 1.165) is 60.2 Å². The van der Waals surface area contributed by atoms with Gasteiger partial charge in [-0.2, -0.15) is 0 Å². The Balaban J connectivity index is 1.39. The lowest BCUT2D eigenvalue weighted by molar-refractivity contribution is 0.669. The molecule has 0 bridgehead atoms. The summed E-state index contributed by atoms with van der Waals surface area (Å²) in [4.78, 5) is 0. The van der Waals surface area contributed by atoms with Crippen LogP contribution in [0, 0.1) is 0 Å². The highest BCUT2D eigenvalue weighted by molar-refractivity contribution is 6.71. The van der Waals surface area contributed by atoms with Crippen molar-refractivity contribution >= 4 is 172 Å². The standard InChI is InChI=1S/C46H20B8O/c47-39-35-32(27-16-15-25-17-24(13-14-26(25)18-27)21-7-2-1-3-8-21)36-38(42(50)46(54)44(52)40(36)48)34(37(35)41(49)45(53)43(39)51)28-11-6-12-30-33(28)29-19-22-9-4-5-10-23(22)20-31(29)55-30/h1-20H. The van der Waals surface area contributed by atoms with Crippen molar-refractivity contribution in [1.82, 2.24) is 0 Å². The second kappa shape index (κ2) is 12.4. The highest BCUT2D eigenvalue weighted by Gasteiger charge is 2.26. The van der Waals surface area contributed by atoms with Crippen molar-refractivity contribution in [2.75, 3.05) is 0 Å². The Morgan fingerprint density at radius 3 is 1.40 bits per heavy atom. The van der Waals surface area contributed by atoms with Crippen molar-refractivity contribution in [2.24, 2.45) is 0 Å². The molecule has 0 aliphatic rings. The topological polar surface area (TPSA) is 13.1 Å². The van der Waals surface area contributed by atoms with Gasteiger partial charge in [-0.25, -0.2) is 0 Å². The summed E-state index contributed by atoms with van der Waals surface area (Å²) in [6, 6.07) is 41.0. The lowest BCUT2D eigenvalue weighted by atomic mass is 9.59. The Bertz CT molecular complexity index is 3220. The Morgan fingerprint density at radius 2 is 0.800 bits per heavy atom. The molecule has 0 fully saturated rings. The zero-order valence-corrected chi connectivity index (χ0v) is 29.6. The van der Waals surface area contributed by atoms with E-state index in [0.29, 0.717) is 38.3 Å². The van der Waals surface area contributed by atoms with Crippen molar-refractivity contribution in [3.8, 4) is 33.4 Å². The molecule has 0 aliphatic carbocycles. The molecule has 0 unspecified atom stereocenters. The molecular formula is C46H20B8O. The van der Waals surface area contributed by atoms with Crippen molar-refractivity contribution in [3.05, 3.63) is 121 Å². The Morgan fingerprint density at radius 1 is 0.309 bits per heavy atom. The van der Waals surface area contributed by atoms with E-state index in [-0.39, 0.29) is 43.7 Å². The van der Waals surface area contributed by atoms with Gasteiger partial charge in [0.05, 0.1) is 0 Å². The van der Waals surface area contributed by atoms with E-state index in [9.17, 15) is 0 Å². The zero-order valence-electron chi connectivity index (χ0n) is 29.6. The van der Waals surface area contributed by atoms with E-state index in [2.05, 4.69) is 60.7 Å². The van der Waals surface area contributed by atoms with Crippen LogP contribution in [0.15, 0.2) is 126 Å². The maximum Gasteiger partial charge on any atom is 0.136 e. The molecule has 0 atom stereocenters. The Hall–Kier alpha value is -5.66. The number of hydrogen-bond donors (Lipinski definition) is 0. The molecule has 234 valence electrons. The molecule has 10 rings (SSSR count). The molecule has 10 aromatic rings. The van der Waals surface area contributed by atoms with Gasteiger partial charge >= 0.3 is 0 Å². The van der Waals surface area contributed by atoms with Gasteiger partial charge in [-0.15, -0.1) is 21.9 Å². The third kappa shape index (κ3) is 4.91. The zero-order chi connectivity index (χ0) is 37.9. The second-order valence-electron chi connectivity index (χ2n) is 14.2. The number of benzene rings is 9. The van der Waals surface area contributed by atoms with E-state index < -0.39 is 0 Å². The van der Waals surface area contributed by atoms with Crippen LogP contribution in [0.2, 0.25) is 0 Å². The molecule has 1 nitrogen and oxygen atoms in total. The van der Waals surface area contributed by atoms with Gasteiger partial charge in [0.15, 0.2) is 0 Å². The largest absolute Gasteiger partial charge is 0.456 e. The summed E-state index contributed by atoms with van der Waals surface area (Å²) in [5, 5.41) is 8.17. The first-order chi connectivity index (χ1) is 26.6. The molecule has 0 aliphatic heterocycles. The summed E-state index contributed by atoms with van der Waals surface area (Å²) in [6.07, 6.45) is 0. The first-order valence-electron chi connectivity index (χ1n) is 17.8. The quantitative estimate of drug-likeness (QED) is 0.207. The predicted molar refractivity (Wildman–Crippen MR) is 243 cm³/mol. The van der Waals surface area contributed by atoms with Gasteiger partial charge in [-0.1, -0.05) is 113 Å². The summed E-state index contributed by atoms with van der Waals surface area (Å²) in [6.45, 7) is 0. The molecule has 0 N–H and O–H groups in total. The minimum Gasteiger partial charge on any atom is -0.456 e. The first-order valence-corrected chi connectivity index (χ1v) is 17.8. The van der Waals surface area contributed by atoms with E-state index in [4.69, 9.17) is 67.2 Å². The molecule has 55 heavy (non-hydrogen) atoms. The smallest absolute Gasteiger partial charge is 0.136 e. The summed E-state index contributed by atoms with van der Waals surface area (Å²) in [7, 11) is 55.0. The SMILES string of the molecule is [B]c1c([B])c([B])c2c(-c3cccc4oc5cc6ccccc6cc5c34)c3c([B])c([B])c([B])c([B])c3c(-c3ccc4cc(-c5ccccc5)ccc4c3)c2c1[B]. The molecule has 16 radical (unpaired) electrons. The first kappa shape index (κ1) is 33.9. The van der Waals surface area contributed by atoms with E-state index in [1.165, 1.54) is 0 Å². The van der Waals surface area contributed by atoms with Crippen molar-refractivity contribution in [2.45, 2.75) is 0 Å². The van der Waals surface area contributed by atoms with Gasteiger partial charge in [0.1, 0.15) is 73.9 Å². The monoisotopic (exact) mass is 676 g/mol.